The van der Waals surface area contributed by atoms with E-state index in [1.165, 1.54) is 11.7 Å². The maximum absolute atomic E-state index is 11.9. The Morgan fingerprint density at radius 1 is 1.14 bits per heavy atom. The molecule has 0 aliphatic heterocycles. The van der Waals surface area contributed by atoms with E-state index in [-0.39, 0.29) is 5.56 Å². The van der Waals surface area contributed by atoms with Gasteiger partial charge in [0, 0.05) is 17.3 Å². The number of aromatic nitrogens is 4. The molecule has 5 nitrogen and oxygen atoms in total. The number of rotatable bonds is 2. The molecule has 108 valence electrons. The Hall–Kier alpha value is -2.60. The number of nitrogens with one attached hydrogen (secondary N) is 1. The third-order valence-electron chi connectivity index (χ3n) is 3.62. The highest BCUT2D eigenvalue weighted by atomic mass is 32.1. The number of aromatic amines is 1. The molecule has 3 heterocycles. The van der Waals surface area contributed by atoms with Gasteiger partial charge in [0.05, 0.1) is 11.7 Å². The summed E-state index contributed by atoms with van der Waals surface area (Å²) in [7, 11) is 0. The van der Waals surface area contributed by atoms with Crippen LogP contribution in [0.5, 0.6) is 0 Å². The minimum atomic E-state index is -0.0433. The first-order valence-electron chi connectivity index (χ1n) is 6.89. The Balaban J connectivity index is 1.75. The molecule has 0 saturated carbocycles. The van der Waals surface area contributed by atoms with Crippen LogP contribution in [0.1, 0.15) is 16.8 Å². The first-order chi connectivity index (χ1) is 10.7. The van der Waals surface area contributed by atoms with E-state index in [0.717, 1.165) is 34.1 Å². The van der Waals surface area contributed by atoms with E-state index in [2.05, 4.69) is 24.8 Å². The normalized spacial score (nSPS) is 11.3. The van der Waals surface area contributed by atoms with E-state index in [0.29, 0.717) is 11.0 Å². The van der Waals surface area contributed by atoms with Crippen molar-refractivity contribution in [3.63, 3.8) is 0 Å². The van der Waals surface area contributed by atoms with Gasteiger partial charge in [0.15, 0.2) is 5.65 Å². The molecular formula is C16H12N4OS. The highest BCUT2D eigenvalue weighted by molar-refractivity contribution is 7.00. The Labute approximate surface area is 130 Å². The Morgan fingerprint density at radius 3 is 2.95 bits per heavy atom. The molecular weight excluding hydrogens is 296 g/mol. The highest BCUT2D eigenvalue weighted by Gasteiger charge is 2.05. The van der Waals surface area contributed by atoms with Crippen molar-refractivity contribution in [2.75, 3.05) is 0 Å². The topological polar surface area (TPSA) is 71.5 Å². The standard InChI is InChI=1S/C16H12N4OS/c1-9-4-12-6-10(2-3-13(12)16(21)18-9)5-11-7-14-15(17-8-11)20-22-19-14/h2-4,6-8H,5H2,1H3,(H,18,21). The lowest BCUT2D eigenvalue weighted by molar-refractivity contribution is 1.15. The van der Waals surface area contributed by atoms with Gasteiger partial charge < -0.3 is 4.98 Å². The summed E-state index contributed by atoms with van der Waals surface area (Å²) >= 11 is 1.17. The molecule has 22 heavy (non-hydrogen) atoms. The van der Waals surface area contributed by atoms with Crippen LogP contribution in [-0.2, 0) is 6.42 Å². The molecule has 0 atom stereocenters. The molecule has 0 unspecified atom stereocenters. The van der Waals surface area contributed by atoms with Crippen LogP contribution in [0.2, 0.25) is 0 Å². The molecule has 0 aliphatic carbocycles. The summed E-state index contributed by atoms with van der Waals surface area (Å²) in [5.41, 5.74) is 4.57. The third kappa shape index (κ3) is 2.27. The van der Waals surface area contributed by atoms with Crippen molar-refractivity contribution in [3.8, 4) is 0 Å². The lowest BCUT2D eigenvalue weighted by Gasteiger charge is -2.04. The number of pyridine rings is 2. The van der Waals surface area contributed by atoms with Gasteiger partial charge in [0.2, 0.25) is 0 Å². The van der Waals surface area contributed by atoms with Crippen molar-refractivity contribution in [1.29, 1.82) is 0 Å². The molecule has 0 amide bonds. The minimum Gasteiger partial charge on any atom is -0.326 e. The van der Waals surface area contributed by atoms with E-state index in [1.807, 2.05) is 37.4 Å². The summed E-state index contributed by atoms with van der Waals surface area (Å²) in [6.45, 7) is 1.89. The molecule has 1 aromatic carbocycles. The van der Waals surface area contributed by atoms with Crippen molar-refractivity contribution in [3.05, 3.63) is 63.7 Å². The molecule has 3 aromatic heterocycles. The zero-order chi connectivity index (χ0) is 15.1. The second kappa shape index (κ2) is 4.99. The molecule has 1 N–H and O–H groups in total. The van der Waals surface area contributed by atoms with Gasteiger partial charge in [0.25, 0.3) is 5.56 Å². The fraction of sp³-hybridized carbons (Fsp3) is 0.125. The first kappa shape index (κ1) is 13.1. The average molecular weight is 308 g/mol. The van der Waals surface area contributed by atoms with Gasteiger partial charge in [-0.05, 0) is 48.1 Å². The zero-order valence-electron chi connectivity index (χ0n) is 11.8. The number of nitrogens with zero attached hydrogens (tertiary/aromatic N) is 3. The summed E-state index contributed by atoms with van der Waals surface area (Å²) in [4.78, 5) is 19.0. The van der Waals surface area contributed by atoms with Crippen molar-refractivity contribution in [2.24, 2.45) is 0 Å². The summed E-state index contributed by atoms with van der Waals surface area (Å²) in [6.07, 6.45) is 2.58. The highest BCUT2D eigenvalue weighted by Crippen LogP contribution is 2.18. The smallest absolute Gasteiger partial charge is 0.256 e. The van der Waals surface area contributed by atoms with Crippen LogP contribution in [0.25, 0.3) is 21.9 Å². The average Bonchev–Trinajstić information content (AvgIpc) is 2.94. The number of fused-ring (bicyclic) bond motifs is 2. The maximum Gasteiger partial charge on any atom is 0.256 e. The van der Waals surface area contributed by atoms with Crippen LogP contribution in [0, 0.1) is 6.92 Å². The number of hydrogen-bond acceptors (Lipinski definition) is 5. The minimum absolute atomic E-state index is 0.0433. The van der Waals surface area contributed by atoms with Crippen molar-refractivity contribution in [1.82, 2.24) is 18.7 Å². The van der Waals surface area contributed by atoms with Crippen molar-refractivity contribution >= 4 is 33.7 Å². The largest absolute Gasteiger partial charge is 0.326 e. The summed E-state index contributed by atoms with van der Waals surface area (Å²) in [5.74, 6) is 0. The number of aryl methyl sites for hydroxylation is 1. The first-order valence-corrected chi connectivity index (χ1v) is 7.62. The maximum atomic E-state index is 11.9. The van der Waals surface area contributed by atoms with Crippen LogP contribution in [-0.4, -0.2) is 18.7 Å². The molecule has 0 spiro atoms. The molecule has 0 saturated heterocycles. The summed E-state index contributed by atoms with van der Waals surface area (Å²) in [5, 5.41) is 1.68. The van der Waals surface area contributed by atoms with Gasteiger partial charge in [-0.1, -0.05) is 12.1 Å². The van der Waals surface area contributed by atoms with E-state index in [4.69, 9.17) is 0 Å². The fourth-order valence-corrected chi connectivity index (χ4v) is 3.11. The predicted molar refractivity (Wildman–Crippen MR) is 87.3 cm³/mol. The van der Waals surface area contributed by atoms with E-state index < -0.39 is 0 Å². The quantitative estimate of drug-likeness (QED) is 0.618. The van der Waals surface area contributed by atoms with Gasteiger partial charge >= 0.3 is 0 Å². The van der Waals surface area contributed by atoms with Gasteiger partial charge in [-0.25, -0.2) is 4.98 Å². The van der Waals surface area contributed by atoms with Crippen molar-refractivity contribution in [2.45, 2.75) is 13.3 Å². The number of benzene rings is 1. The molecule has 0 bridgehead atoms. The second-order valence-corrected chi connectivity index (χ2v) is 5.86. The van der Waals surface area contributed by atoms with Gasteiger partial charge in [-0.15, -0.1) is 0 Å². The van der Waals surface area contributed by atoms with Gasteiger partial charge in [-0.2, -0.15) is 8.75 Å². The Kier molecular flexibility index (Phi) is 2.97. The van der Waals surface area contributed by atoms with Gasteiger partial charge in [0.1, 0.15) is 5.52 Å². The molecule has 4 aromatic rings. The molecule has 4 rings (SSSR count). The fourth-order valence-electron chi connectivity index (χ4n) is 2.62. The number of H-pyrrole nitrogens is 1. The second-order valence-electron chi connectivity index (χ2n) is 5.33. The Morgan fingerprint density at radius 2 is 2.05 bits per heavy atom. The SMILES string of the molecule is Cc1cc2cc(Cc3cnc4nsnc4c3)ccc2c(=O)[nH]1. The summed E-state index contributed by atoms with van der Waals surface area (Å²) < 4.78 is 8.33. The van der Waals surface area contributed by atoms with E-state index in [1.54, 1.807) is 0 Å². The van der Waals surface area contributed by atoms with Crippen LogP contribution >= 0.6 is 11.7 Å². The Bertz CT molecular complexity index is 1050. The van der Waals surface area contributed by atoms with E-state index in [9.17, 15) is 4.79 Å². The van der Waals surface area contributed by atoms with Crippen LogP contribution in [0.4, 0.5) is 0 Å². The molecule has 0 radical (unpaired) electrons. The van der Waals surface area contributed by atoms with Crippen molar-refractivity contribution < 1.29 is 0 Å². The van der Waals surface area contributed by atoms with Crippen LogP contribution in [0.3, 0.4) is 0 Å². The predicted octanol–water partition coefficient (Wildman–Crippen LogP) is 2.83. The third-order valence-corrected chi connectivity index (χ3v) is 4.15. The van der Waals surface area contributed by atoms with Gasteiger partial charge in [-0.3, -0.25) is 4.79 Å². The molecule has 0 fully saturated rings. The lowest BCUT2D eigenvalue weighted by Crippen LogP contribution is -2.07. The summed E-state index contributed by atoms with van der Waals surface area (Å²) in [6, 6.07) is 9.92. The van der Waals surface area contributed by atoms with Crippen LogP contribution < -0.4 is 5.56 Å². The lowest BCUT2D eigenvalue weighted by atomic mass is 10.0. The molecule has 6 heteroatoms. The van der Waals surface area contributed by atoms with Crippen LogP contribution in [0.15, 0.2) is 41.3 Å². The monoisotopic (exact) mass is 308 g/mol. The number of hydrogen-bond donors (Lipinski definition) is 1. The van der Waals surface area contributed by atoms with E-state index >= 15 is 0 Å². The zero-order valence-corrected chi connectivity index (χ0v) is 12.6. The molecule has 0 aliphatic rings.